The Balaban J connectivity index is 1.31. The maximum Gasteiger partial charge on any atom is 0.266 e. The number of piperazine rings is 1. The zero-order valence-electron chi connectivity index (χ0n) is 16.4. The Morgan fingerprint density at radius 3 is 2.48 bits per heavy atom. The molecule has 1 saturated carbocycles. The van der Waals surface area contributed by atoms with E-state index in [2.05, 4.69) is 45.9 Å². The predicted molar refractivity (Wildman–Crippen MR) is 108 cm³/mol. The molecule has 4 rings (SSSR count). The van der Waals surface area contributed by atoms with Crippen LogP contribution in [-0.2, 0) is 12.0 Å². The molecule has 0 bridgehead atoms. The van der Waals surface area contributed by atoms with Gasteiger partial charge >= 0.3 is 0 Å². The molecule has 2 aliphatic rings. The third kappa shape index (κ3) is 4.38. The zero-order valence-corrected chi connectivity index (χ0v) is 17.2. The summed E-state index contributed by atoms with van der Waals surface area (Å²) >= 11 is 1.76. The van der Waals surface area contributed by atoms with Gasteiger partial charge in [0.1, 0.15) is 5.01 Å². The smallest absolute Gasteiger partial charge is 0.266 e. The van der Waals surface area contributed by atoms with Crippen LogP contribution >= 0.6 is 11.3 Å². The summed E-state index contributed by atoms with van der Waals surface area (Å²) in [6, 6.07) is 3.48. The van der Waals surface area contributed by atoms with Gasteiger partial charge in [0.2, 0.25) is 5.13 Å². The zero-order chi connectivity index (χ0) is 19.0. The van der Waals surface area contributed by atoms with Gasteiger partial charge in [0.25, 0.3) is 5.56 Å². The fraction of sp³-hybridized carbons (Fsp3) is 0.684. The average molecular weight is 389 g/mol. The fourth-order valence-electron chi connectivity index (χ4n) is 3.26. The molecule has 0 N–H and O–H groups in total. The highest BCUT2D eigenvalue weighted by Crippen LogP contribution is 2.42. The molecule has 2 fully saturated rings. The lowest BCUT2D eigenvalue weighted by molar-refractivity contribution is 0.241. The number of aromatic nitrogens is 4. The van der Waals surface area contributed by atoms with Crippen LogP contribution in [-0.4, -0.2) is 57.6 Å². The van der Waals surface area contributed by atoms with Gasteiger partial charge < -0.3 is 4.90 Å². The van der Waals surface area contributed by atoms with Crippen LogP contribution in [0.1, 0.15) is 50.2 Å². The second-order valence-electron chi connectivity index (χ2n) is 8.56. The minimum Gasteiger partial charge on any atom is -0.344 e. The lowest BCUT2D eigenvalue weighted by Crippen LogP contribution is -2.47. The Kier molecular flexibility index (Phi) is 5.03. The summed E-state index contributed by atoms with van der Waals surface area (Å²) in [7, 11) is 0. The first-order chi connectivity index (χ1) is 12.9. The maximum atomic E-state index is 12.1. The van der Waals surface area contributed by atoms with E-state index in [1.54, 1.807) is 22.1 Å². The van der Waals surface area contributed by atoms with Gasteiger partial charge in [-0.15, -0.1) is 10.2 Å². The van der Waals surface area contributed by atoms with Crippen molar-refractivity contribution in [3.8, 4) is 0 Å². The highest BCUT2D eigenvalue weighted by Gasteiger charge is 2.29. The van der Waals surface area contributed by atoms with E-state index in [1.807, 2.05) is 6.07 Å². The summed E-state index contributed by atoms with van der Waals surface area (Å²) in [6.07, 6.45) is 2.54. The van der Waals surface area contributed by atoms with E-state index in [0.717, 1.165) is 43.5 Å². The Hall–Kier alpha value is -1.80. The third-order valence-corrected chi connectivity index (χ3v) is 6.41. The van der Waals surface area contributed by atoms with Crippen molar-refractivity contribution in [2.75, 3.05) is 37.6 Å². The van der Waals surface area contributed by atoms with E-state index >= 15 is 0 Å². The van der Waals surface area contributed by atoms with E-state index in [0.29, 0.717) is 12.5 Å². The average Bonchev–Trinajstić information content (AvgIpc) is 3.37. The molecule has 7 nitrogen and oxygen atoms in total. The molecule has 0 aromatic carbocycles. The summed E-state index contributed by atoms with van der Waals surface area (Å²) in [5.74, 6) is 0.673. The number of hydrogen-bond acceptors (Lipinski definition) is 7. The first-order valence-electron chi connectivity index (χ1n) is 9.79. The molecule has 2 aromatic heterocycles. The van der Waals surface area contributed by atoms with Gasteiger partial charge in [-0.1, -0.05) is 32.1 Å². The number of hydrogen-bond donors (Lipinski definition) is 0. The van der Waals surface area contributed by atoms with E-state index < -0.39 is 0 Å². The number of anilines is 1. The van der Waals surface area contributed by atoms with Crippen molar-refractivity contribution in [2.24, 2.45) is 0 Å². The Morgan fingerprint density at radius 1 is 1.07 bits per heavy atom. The summed E-state index contributed by atoms with van der Waals surface area (Å²) in [5, 5.41) is 15.6. The van der Waals surface area contributed by atoms with Crippen molar-refractivity contribution >= 4 is 16.5 Å². The topological polar surface area (TPSA) is 67.2 Å². The predicted octanol–water partition coefficient (Wildman–Crippen LogP) is 2.09. The summed E-state index contributed by atoms with van der Waals surface area (Å²) < 4.78 is 1.61. The lowest BCUT2D eigenvalue weighted by atomic mass is 9.92. The molecular formula is C19H28N6OS. The first kappa shape index (κ1) is 18.6. The minimum absolute atomic E-state index is 0.0249. The molecule has 0 spiro atoms. The third-order valence-electron chi connectivity index (χ3n) is 5.26. The van der Waals surface area contributed by atoms with Gasteiger partial charge in [-0.25, -0.2) is 4.68 Å². The van der Waals surface area contributed by atoms with Crippen LogP contribution in [0, 0.1) is 0 Å². The lowest BCUT2D eigenvalue weighted by Gasteiger charge is -2.34. The van der Waals surface area contributed by atoms with Gasteiger partial charge in [-0.2, -0.15) is 5.10 Å². The van der Waals surface area contributed by atoms with E-state index in [1.165, 1.54) is 17.8 Å². The van der Waals surface area contributed by atoms with Crippen molar-refractivity contribution in [1.82, 2.24) is 24.9 Å². The van der Waals surface area contributed by atoms with Crippen molar-refractivity contribution in [3.05, 3.63) is 33.2 Å². The van der Waals surface area contributed by atoms with Crippen LogP contribution in [0.5, 0.6) is 0 Å². The van der Waals surface area contributed by atoms with Crippen LogP contribution in [0.25, 0.3) is 0 Å². The monoisotopic (exact) mass is 388 g/mol. The normalized spacial score (nSPS) is 18.9. The number of rotatable bonds is 5. The molecule has 2 aromatic rings. The van der Waals surface area contributed by atoms with Crippen LogP contribution < -0.4 is 10.5 Å². The molecule has 0 atom stereocenters. The van der Waals surface area contributed by atoms with Crippen LogP contribution in [0.15, 0.2) is 16.9 Å². The Bertz CT molecular complexity index is 842. The van der Waals surface area contributed by atoms with Gasteiger partial charge in [0.15, 0.2) is 0 Å². The molecule has 0 radical (unpaired) electrons. The maximum absolute atomic E-state index is 12.1. The number of nitrogens with zero attached hydrogens (tertiary/aromatic N) is 6. The SMILES string of the molecule is CC(C)(C)c1ccc(=O)n(CCN2CCN(c3nnc(C4CC4)s3)CC2)n1. The largest absolute Gasteiger partial charge is 0.344 e. The summed E-state index contributed by atoms with van der Waals surface area (Å²) in [4.78, 5) is 16.9. The molecule has 1 saturated heterocycles. The Labute approximate surface area is 164 Å². The molecule has 27 heavy (non-hydrogen) atoms. The highest BCUT2D eigenvalue weighted by molar-refractivity contribution is 7.15. The van der Waals surface area contributed by atoms with Gasteiger partial charge in [-0.05, 0) is 18.9 Å². The van der Waals surface area contributed by atoms with E-state index in [4.69, 9.17) is 0 Å². The van der Waals surface area contributed by atoms with Crippen molar-refractivity contribution in [2.45, 2.75) is 51.5 Å². The standard InChI is InChI=1S/C19H28N6OS/c1-19(2,3)15-6-7-16(26)25(22-15)13-10-23-8-11-24(12-9-23)18-21-20-17(27-18)14-4-5-14/h6-7,14H,4-5,8-13H2,1-3H3. The van der Waals surface area contributed by atoms with Crippen LogP contribution in [0.4, 0.5) is 5.13 Å². The molecule has 8 heteroatoms. The van der Waals surface area contributed by atoms with E-state index in [-0.39, 0.29) is 11.0 Å². The summed E-state index contributed by atoms with van der Waals surface area (Å²) in [5.41, 5.74) is 0.875. The second kappa shape index (κ2) is 7.31. The van der Waals surface area contributed by atoms with Crippen molar-refractivity contribution < 1.29 is 0 Å². The second-order valence-corrected chi connectivity index (χ2v) is 9.54. The first-order valence-corrected chi connectivity index (χ1v) is 10.6. The van der Waals surface area contributed by atoms with Gasteiger partial charge in [0.05, 0.1) is 12.2 Å². The molecule has 0 amide bonds. The molecule has 146 valence electrons. The molecule has 0 unspecified atom stereocenters. The van der Waals surface area contributed by atoms with Gasteiger partial charge in [0, 0.05) is 50.1 Å². The fourth-order valence-corrected chi connectivity index (χ4v) is 4.32. The minimum atomic E-state index is -0.0534. The molecule has 1 aliphatic heterocycles. The van der Waals surface area contributed by atoms with Crippen molar-refractivity contribution in [1.29, 1.82) is 0 Å². The van der Waals surface area contributed by atoms with Crippen molar-refractivity contribution in [3.63, 3.8) is 0 Å². The van der Waals surface area contributed by atoms with Crippen LogP contribution in [0.3, 0.4) is 0 Å². The molecule has 1 aliphatic carbocycles. The van der Waals surface area contributed by atoms with E-state index in [9.17, 15) is 4.79 Å². The quantitative estimate of drug-likeness (QED) is 0.781. The van der Waals surface area contributed by atoms with Crippen LogP contribution in [0.2, 0.25) is 0 Å². The van der Waals surface area contributed by atoms with Gasteiger partial charge in [-0.3, -0.25) is 9.69 Å². The highest BCUT2D eigenvalue weighted by atomic mass is 32.1. The summed E-state index contributed by atoms with van der Waals surface area (Å²) in [6.45, 7) is 11.7. The molecular weight excluding hydrogens is 360 g/mol. The Morgan fingerprint density at radius 2 is 1.81 bits per heavy atom. The molecule has 3 heterocycles.